The standard InChI is InChI=1S/C19H23N3O/c1-5-9-21-16-10-15(11-20-12-16)19(23)22-18-14(4)7-6-8-17(18)13(2)3/h5-8,10-13,21H,1,9H2,2-4H3,(H,22,23). The molecule has 1 heterocycles. The van der Waals surface area contributed by atoms with E-state index in [1.807, 2.05) is 25.1 Å². The van der Waals surface area contributed by atoms with Gasteiger partial charge in [0.1, 0.15) is 0 Å². The molecule has 1 amide bonds. The Labute approximate surface area is 137 Å². The summed E-state index contributed by atoms with van der Waals surface area (Å²) in [5, 5.41) is 6.17. The Balaban J connectivity index is 2.24. The highest BCUT2D eigenvalue weighted by molar-refractivity contribution is 6.05. The zero-order valence-electron chi connectivity index (χ0n) is 13.9. The van der Waals surface area contributed by atoms with E-state index in [0.29, 0.717) is 18.0 Å². The molecule has 0 bridgehead atoms. The number of pyridine rings is 1. The van der Waals surface area contributed by atoms with Gasteiger partial charge in [-0.3, -0.25) is 9.78 Å². The lowest BCUT2D eigenvalue weighted by Crippen LogP contribution is -2.15. The number of nitrogens with zero attached hydrogens (tertiary/aromatic N) is 1. The molecule has 1 aromatic heterocycles. The molecule has 0 atom stereocenters. The Morgan fingerprint density at radius 3 is 2.83 bits per heavy atom. The first-order chi connectivity index (χ1) is 11.0. The predicted molar refractivity (Wildman–Crippen MR) is 96.1 cm³/mol. The number of amides is 1. The fraction of sp³-hybridized carbons (Fsp3) is 0.263. The second-order valence-electron chi connectivity index (χ2n) is 5.78. The van der Waals surface area contributed by atoms with Crippen LogP contribution in [0.2, 0.25) is 0 Å². The van der Waals surface area contributed by atoms with Crippen LogP contribution < -0.4 is 10.6 Å². The number of carbonyl (C=O) groups excluding carboxylic acids is 1. The largest absolute Gasteiger partial charge is 0.380 e. The van der Waals surface area contributed by atoms with Crippen molar-refractivity contribution < 1.29 is 4.79 Å². The molecule has 0 unspecified atom stereocenters. The quantitative estimate of drug-likeness (QED) is 0.779. The summed E-state index contributed by atoms with van der Waals surface area (Å²) < 4.78 is 0. The molecular formula is C19H23N3O. The van der Waals surface area contributed by atoms with Crippen LogP contribution in [0.5, 0.6) is 0 Å². The molecule has 4 heteroatoms. The maximum absolute atomic E-state index is 12.6. The lowest BCUT2D eigenvalue weighted by Gasteiger charge is -2.16. The lowest BCUT2D eigenvalue weighted by molar-refractivity contribution is 0.102. The van der Waals surface area contributed by atoms with Gasteiger partial charge in [0.15, 0.2) is 0 Å². The van der Waals surface area contributed by atoms with Gasteiger partial charge in [-0.25, -0.2) is 0 Å². The molecule has 0 aliphatic rings. The van der Waals surface area contributed by atoms with Crippen LogP contribution >= 0.6 is 0 Å². The van der Waals surface area contributed by atoms with Crippen LogP contribution in [-0.4, -0.2) is 17.4 Å². The van der Waals surface area contributed by atoms with Crippen LogP contribution in [0.15, 0.2) is 49.3 Å². The summed E-state index contributed by atoms with van der Waals surface area (Å²) in [4.78, 5) is 16.7. The Morgan fingerprint density at radius 1 is 1.35 bits per heavy atom. The lowest BCUT2D eigenvalue weighted by atomic mass is 9.98. The molecule has 0 fully saturated rings. The van der Waals surface area contributed by atoms with Crippen molar-refractivity contribution in [3.8, 4) is 0 Å². The molecule has 2 aromatic rings. The van der Waals surface area contributed by atoms with E-state index >= 15 is 0 Å². The van der Waals surface area contributed by atoms with Gasteiger partial charge >= 0.3 is 0 Å². The number of aromatic nitrogens is 1. The van der Waals surface area contributed by atoms with E-state index < -0.39 is 0 Å². The fourth-order valence-electron chi connectivity index (χ4n) is 2.38. The van der Waals surface area contributed by atoms with Gasteiger partial charge < -0.3 is 10.6 Å². The molecule has 1 aromatic carbocycles. The maximum atomic E-state index is 12.6. The van der Waals surface area contributed by atoms with E-state index in [1.165, 1.54) is 0 Å². The van der Waals surface area contributed by atoms with Crippen molar-refractivity contribution in [3.63, 3.8) is 0 Å². The van der Waals surface area contributed by atoms with Crippen molar-refractivity contribution in [2.45, 2.75) is 26.7 Å². The Hall–Kier alpha value is -2.62. The zero-order chi connectivity index (χ0) is 16.8. The minimum Gasteiger partial charge on any atom is -0.380 e. The number of hydrogen-bond donors (Lipinski definition) is 2. The van der Waals surface area contributed by atoms with Gasteiger partial charge in [-0.1, -0.05) is 38.1 Å². The number of hydrogen-bond acceptors (Lipinski definition) is 3. The summed E-state index contributed by atoms with van der Waals surface area (Å²) in [5.74, 6) is 0.180. The van der Waals surface area contributed by atoms with E-state index in [4.69, 9.17) is 0 Å². The van der Waals surface area contributed by atoms with Crippen molar-refractivity contribution in [2.75, 3.05) is 17.2 Å². The van der Waals surface area contributed by atoms with Gasteiger partial charge in [-0.05, 0) is 30.0 Å². The average Bonchev–Trinajstić information content (AvgIpc) is 2.54. The van der Waals surface area contributed by atoms with Crippen LogP contribution in [0.1, 0.15) is 41.3 Å². The molecule has 4 nitrogen and oxygen atoms in total. The van der Waals surface area contributed by atoms with Gasteiger partial charge in [0, 0.05) is 24.6 Å². The molecule has 23 heavy (non-hydrogen) atoms. The minimum atomic E-state index is -0.157. The van der Waals surface area contributed by atoms with Gasteiger partial charge in [-0.2, -0.15) is 0 Å². The first-order valence-corrected chi connectivity index (χ1v) is 7.73. The van der Waals surface area contributed by atoms with Crippen molar-refractivity contribution in [2.24, 2.45) is 0 Å². The van der Waals surface area contributed by atoms with Crippen LogP contribution in [0.25, 0.3) is 0 Å². The van der Waals surface area contributed by atoms with Gasteiger partial charge in [-0.15, -0.1) is 6.58 Å². The highest BCUT2D eigenvalue weighted by Crippen LogP contribution is 2.27. The molecule has 2 rings (SSSR count). The second kappa shape index (κ2) is 7.58. The summed E-state index contributed by atoms with van der Waals surface area (Å²) in [6.07, 6.45) is 5.02. The number of carbonyl (C=O) groups is 1. The van der Waals surface area contributed by atoms with Crippen molar-refractivity contribution >= 4 is 17.3 Å². The highest BCUT2D eigenvalue weighted by Gasteiger charge is 2.13. The van der Waals surface area contributed by atoms with E-state index in [9.17, 15) is 4.79 Å². The minimum absolute atomic E-state index is 0.157. The number of anilines is 2. The predicted octanol–water partition coefficient (Wildman–Crippen LogP) is 4.36. The number of benzene rings is 1. The second-order valence-corrected chi connectivity index (χ2v) is 5.78. The van der Waals surface area contributed by atoms with Gasteiger partial charge in [0.05, 0.1) is 11.3 Å². The highest BCUT2D eigenvalue weighted by atomic mass is 16.1. The number of para-hydroxylation sites is 1. The van der Waals surface area contributed by atoms with E-state index in [1.54, 1.807) is 24.5 Å². The van der Waals surface area contributed by atoms with Gasteiger partial charge in [0.2, 0.25) is 0 Å². The summed E-state index contributed by atoms with van der Waals surface area (Å²) in [6.45, 7) is 10.5. The molecule has 2 N–H and O–H groups in total. The molecule has 0 radical (unpaired) electrons. The van der Waals surface area contributed by atoms with Crippen molar-refractivity contribution in [3.05, 3.63) is 66.0 Å². The monoisotopic (exact) mass is 309 g/mol. The molecule has 0 spiro atoms. The molecule has 0 aliphatic carbocycles. The van der Waals surface area contributed by atoms with Crippen LogP contribution in [0.3, 0.4) is 0 Å². The molecule has 120 valence electrons. The first-order valence-electron chi connectivity index (χ1n) is 7.73. The van der Waals surface area contributed by atoms with E-state index in [-0.39, 0.29) is 5.91 Å². The third-order valence-corrected chi connectivity index (χ3v) is 3.62. The van der Waals surface area contributed by atoms with Gasteiger partial charge in [0.25, 0.3) is 5.91 Å². The van der Waals surface area contributed by atoms with Crippen molar-refractivity contribution in [1.82, 2.24) is 4.98 Å². The normalized spacial score (nSPS) is 10.4. The topological polar surface area (TPSA) is 54.0 Å². The number of rotatable bonds is 6. The average molecular weight is 309 g/mol. The Bertz CT molecular complexity index is 708. The van der Waals surface area contributed by atoms with Crippen molar-refractivity contribution in [1.29, 1.82) is 0 Å². The summed E-state index contributed by atoms with van der Waals surface area (Å²) >= 11 is 0. The Kier molecular flexibility index (Phi) is 5.52. The molecule has 0 aliphatic heterocycles. The number of nitrogens with one attached hydrogen (secondary N) is 2. The summed E-state index contributed by atoms with van der Waals surface area (Å²) in [7, 11) is 0. The van der Waals surface area contributed by atoms with Crippen LogP contribution in [0.4, 0.5) is 11.4 Å². The molecule has 0 saturated heterocycles. The number of aryl methyl sites for hydroxylation is 1. The first kappa shape index (κ1) is 16.7. The third kappa shape index (κ3) is 4.19. The van der Waals surface area contributed by atoms with E-state index in [2.05, 4.69) is 36.0 Å². The SMILES string of the molecule is C=CCNc1cncc(C(=O)Nc2c(C)cccc2C(C)C)c1. The Morgan fingerprint density at radius 2 is 2.13 bits per heavy atom. The van der Waals surface area contributed by atoms with E-state index in [0.717, 1.165) is 22.5 Å². The maximum Gasteiger partial charge on any atom is 0.257 e. The fourth-order valence-corrected chi connectivity index (χ4v) is 2.38. The smallest absolute Gasteiger partial charge is 0.257 e. The summed E-state index contributed by atoms with van der Waals surface area (Å²) in [6, 6.07) is 7.86. The molecular weight excluding hydrogens is 286 g/mol. The van der Waals surface area contributed by atoms with Crippen LogP contribution in [-0.2, 0) is 0 Å². The third-order valence-electron chi connectivity index (χ3n) is 3.62. The zero-order valence-corrected chi connectivity index (χ0v) is 13.9. The van der Waals surface area contributed by atoms with Crippen LogP contribution in [0, 0.1) is 6.92 Å². The molecule has 0 saturated carbocycles. The summed E-state index contributed by atoms with van der Waals surface area (Å²) in [5.41, 5.74) is 4.39.